The van der Waals surface area contributed by atoms with E-state index in [9.17, 15) is 14.6 Å². The van der Waals surface area contributed by atoms with Crippen molar-refractivity contribution >= 4 is 17.0 Å². The second-order valence-electron chi connectivity index (χ2n) is 5.20. The van der Waals surface area contributed by atoms with Crippen molar-refractivity contribution in [3.63, 3.8) is 0 Å². The fraction of sp³-hybridized carbons (Fsp3) is 0.545. The lowest BCUT2D eigenvalue weighted by molar-refractivity contribution is -0.0910. The number of hydrogen-bond donors (Lipinski definition) is 3. The summed E-state index contributed by atoms with van der Waals surface area (Å²) in [5.74, 6) is -0.574. The van der Waals surface area contributed by atoms with Crippen LogP contribution in [0, 0.1) is 12.0 Å². The van der Waals surface area contributed by atoms with E-state index in [1.807, 2.05) is 0 Å². The summed E-state index contributed by atoms with van der Waals surface area (Å²) in [7, 11) is 0. The van der Waals surface area contributed by atoms with E-state index in [4.69, 9.17) is 10.5 Å². The van der Waals surface area contributed by atoms with Crippen LogP contribution in [0.4, 0.5) is 10.2 Å². The van der Waals surface area contributed by atoms with Crippen molar-refractivity contribution in [2.75, 3.05) is 5.73 Å². The van der Waals surface area contributed by atoms with Gasteiger partial charge in [0.25, 0.3) is 0 Å². The minimum atomic E-state index is -1.15. The average Bonchev–Trinajstić information content (AvgIpc) is 2.72. The van der Waals surface area contributed by atoms with Gasteiger partial charge in [0.05, 0.1) is 24.5 Å². The molecule has 1 saturated carbocycles. The van der Waals surface area contributed by atoms with Crippen molar-refractivity contribution in [3.05, 3.63) is 12.4 Å². The summed E-state index contributed by atoms with van der Waals surface area (Å²) in [5.41, 5.74) is 4.81. The largest absolute Gasteiger partial charge is 0.390 e. The summed E-state index contributed by atoms with van der Waals surface area (Å²) in [6.07, 6.45) is -1.75. The van der Waals surface area contributed by atoms with Crippen molar-refractivity contribution in [1.29, 1.82) is 0 Å². The highest BCUT2D eigenvalue weighted by molar-refractivity contribution is 5.81. The minimum absolute atomic E-state index is 0.0825. The number of halogens is 1. The Morgan fingerprint density at radius 1 is 1.45 bits per heavy atom. The summed E-state index contributed by atoms with van der Waals surface area (Å²) in [4.78, 5) is 11.1. The van der Waals surface area contributed by atoms with Gasteiger partial charge in [0.15, 0.2) is 22.7 Å². The van der Waals surface area contributed by atoms with Crippen LogP contribution in [-0.2, 0) is 10.5 Å². The third-order valence-electron chi connectivity index (χ3n) is 4.13. The van der Waals surface area contributed by atoms with Gasteiger partial charge in [-0.1, -0.05) is 0 Å². The standard InChI is InChI=1S/C11H12FN5O3/c1-3-6(18)4-7(19)11(4,20-3)17-2-14-5-8(13)15-10(12)16-9(5)17/h2-4,6-7,18-19H,1H3,(H2,13,15,16)/t3-,4?,6?,7?,11?/m1/s1. The molecule has 0 amide bonds. The summed E-state index contributed by atoms with van der Waals surface area (Å²) < 4.78 is 20.4. The molecule has 9 heteroatoms. The van der Waals surface area contributed by atoms with Gasteiger partial charge in [0.1, 0.15) is 6.10 Å². The van der Waals surface area contributed by atoms with Crippen molar-refractivity contribution < 1.29 is 19.3 Å². The number of aliphatic hydroxyl groups is 2. The van der Waals surface area contributed by atoms with Gasteiger partial charge < -0.3 is 20.7 Å². The monoisotopic (exact) mass is 281 g/mol. The Kier molecular flexibility index (Phi) is 2.05. The third kappa shape index (κ3) is 1.18. The fourth-order valence-electron chi connectivity index (χ4n) is 3.11. The van der Waals surface area contributed by atoms with Gasteiger partial charge in [-0.25, -0.2) is 4.98 Å². The molecule has 4 unspecified atom stereocenters. The quantitative estimate of drug-likeness (QED) is 0.572. The molecule has 1 aliphatic carbocycles. The van der Waals surface area contributed by atoms with Crippen molar-refractivity contribution in [3.8, 4) is 0 Å². The first-order valence-corrected chi connectivity index (χ1v) is 6.17. The molecular weight excluding hydrogens is 269 g/mol. The summed E-state index contributed by atoms with van der Waals surface area (Å²) in [5, 5.41) is 20.0. The molecule has 4 N–H and O–H groups in total. The molecule has 0 aromatic carbocycles. The molecule has 3 heterocycles. The van der Waals surface area contributed by atoms with Gasteiger partial charge in [0.2, 0.25) is 0 Å². The van der Waals surface area contributed by atoms with Crippen LogP contribution in [0.3, 0.4) is 0 Å². The molecule has 106 valence electrons. The van der Waals surface area contributed by atoms with E-state index in [0.29, 0.717) is 0 Å². The molecule has 2 aromatic rings. The molecule has 1 saturated heterocycles. The number of aliphatic hydroxyl groups excluding tert-OH is 2. The number of ether oxygens (including phenoxy) is 1. The van der Waals surface area contributed by atoms with Gasteiger partial charge in [-0.3, -0.25) is 4.57 Å². The van der Waals surface area contributed by atoms with Crippen LogP contribution in [0.5, 0.6) is 0 Å². The zero-order valence-corrected chi connectivity index (χ0v) is 10.4. The van der Waals surface area contributed by atoms with E-state index in [-0.39, 0.29) is 17.0 Å². The normalized spacial score (nSPS) is 39.2. The van der Waals surface area contributed by atoms with E-state index >= 15 is 0 Å². The van der Waals surface area contributed by atoms with Crippen LogP contribution in [0.2, 0.25) is 0 Å². The number of nitrogens with zero attached hydrogens (tertiary/aromatic N) is 4. The second-order valence-corrected chi connectivity index (χ2v) is 5.20. The van der Waals surface area contributed by atoms with Crippen molar-refractivity contribution in [2.45, 2.75) is 31.0 Å². The molecular formula is C11H12FN5O3. The second kappa shape index (κ2) is 3.43. The van der Waals surface area contributed by atoms with E-state index < -0.39 is 36.0 Å². The SMILES string of the molecule is C[C@H]1OC2(n3cnc4c(N)nc(F)nc43)C(O)C2C1O. The van der Waals surface area contributed by atoms with Gasteiger partial charge in [-0.2, -0.15) is 14.4 Å². The van der Waals surface area contributed by atoms with Gasteiger partial charge in [-0.15, -0.1) is 0 Å². The average molecular weight is 281 g/mol. The number of nitrogens with two attached hydrogens (primary N) is 1. The zero-order valence-electron chi connectivity index (χ0n) is 10.4. The topological polar surface area (TPSA) is 119 Å². The molecule has 2 fully saturated rings. The number of fused-ring (bicyclic) bond motifs is 2. The fourth-order valence-corrected chi connectivity index (χ4v) is 3.11. The highest BCUT2D eigenvalue weighted by Gasteiger charge is 2.76. The van der Waals surface area contributed by atoms with E-state index in [0.717, 1.165) is 0 Å². The van der Waals surface area contributed by atoms with Crippen molar-refractivity contribution in [2.24, 2.45) is 5.92 Å². The third-order valence-corrected chi connectivity index (χ3v) is 4.13. The molecule has 0 spiro atoms. The Bertz CT molecular complexity index is 721. The lowest BCUT2D eigenvalue weighted by Crippen LogP contribution is -2.29. The van der Waals surface area contributed by atoms with E-state index in [1.165, 1.54) is 10.9 Å². The van der Waals surface area contributed by atoms with Crippen LogP contribution in [0.25, 0.3) is 11.2 Å². The Hall–Kier alpha value is -1.84. The molecule has 0 radical (unpaired) electrons. The number of anilines is 1. The van der Waals surface area contributed by atoms with Crippen LogP contribution < -0.4 is 5.73 Å². The van der Waals surface area contributed by atoms with Crippen molar-refractivity contribution in [1.82, 2.24) is 19.5 Å². The van der Waals surface area contributed by atoms with Gasteiger partial charge >= 0.3 is 6.08 Å². The van der Waals surface area contributed by atoms with E-state index in [2.05, 4.69) is 15.0 Å². The molecule has 5 atom stereocenters. The highest BCUT2D eigenvalue weighted by atomic mass is 19.1. The van der Waals surface area contributed by atoms with Crippen LogP contribution in [-0.4, -0.2) is 48.0 Å². The minimum Gasteiger partial charge on any atom is -0.390 e. The first-order chi connectivity index (χ1) is 9.46. The maximum atomic E-state index is 13.3. The molecule has 4 rings (SSSR count). The molecule has 2 aliphatic rings. The Balaban J connectivity index is 1.92. The first kappa shape index (κ1) is 11.9. The van der Waals surface area contributed by atoms with E-state index in [1.54, 1.807) is 6.92 Å². The first-order valence-electron chi connectivity index (χ1n) is 6.17. The molecule has 20 heavy (non-hydrogen) atoms. The molecule has 2 aromatic heterocycles. The Morgan fingerprint density at radius 3 is 2.90 bits per heavy atom. The number of imidazole rings is 1. The predicted molar refractivity (Wildman–Crippen MR) is 63.7 cm³/mol. The van der Waals surface area contributed by atoms with Crippen LogP contribution in [0.1, 0.15) is 6.92 Å². The summed E-state index contributed by atoms with van der Waals surface area (Å²) >= 11 is 0. The molecule has 8 nitrogen and oxygen atoms in total. The maximum Gasteiger partial charge on any atom is 0.312 e. The number of hydrogen-bond acceptors (Lipinski definition) is 7. The number of aromatic nitrogens is 4. The van der Waals surface area contributed by atoms with Gasteiger partial charge in [-0.05, 0) is 6.92 Å². The highest BCUT2D eigenvalue weighted by Crippen LogP contribution is 2.60. The molecule has 1 aliphatic heterocycles. The maximum absolute atomic E-state index is 13.3. The van der Waals surface area contributed by atoms with Crippen LogP contribution >= 0.6 is 0 Å². The van der Waals surface area contributed by atoms with Crippen LogP contribution in [0.15, 0.2) is 6.33 Å². The Labute approximate surface area is 112 Å². The van der Waals surface area contributed by atoms with Gasteiger partial charge in [0, 0.05) is 0 Å². The zero-order chi connectivity index (χ0) is 14.2. The summed E-state index contributed by atoms with van der Waals surface area (Å²) in [6, 6.07) is 0. The Morgan fingerprint density at radius 2 is 2.20 bits per heavy atom. The smallest absolute Gasteiger partial charge is 0.312 e. The predicted octanol–water partition coefficient (Wildman–Crippen LogP) is -1.03. The number of rotatable bonds is 1. The summed E-state index contributed by atoms with van der Waals surface area (Å²) in [6.45, 7) is 1.70. The lowest BCUT2D eigenvalue weighted by Gasteiger charge is -2.19. The lowest BCUT2D eigenvalue weighted by atomic mass is 10.1. The molecule has 0 bridgehead atoms. The number of nitrogen functional groups attached to an aromatic ring is 1.